The van der Waals surface area contributed by atoms with E-state index in [1.54, 1.807) is 5.57 Å². The average molecular weight is 304 g/mol. The summed E-state index contributed by atoms with van der Waals surface area (Å²) in [7, 11) is 0. The maximum atomic E-state index is 13.9. The highest BCUT2D eigenvalue weighted by molar-refractivity contribution is 5.87. The molecule has 0 aliphatic heterocycles. The average Bonchev–Trinajstić information content (AvgIpc) is 2.86. The van der Waals surface area contributed by atoms with Crippen LogP contribution in [0.3, 0.4) is 0 Å². The largest absolute Gasteiger partial charge is 0.299 e. The Morgan fingerprint density at radius 3 is 2.82 bits per heavy atom. The second-order valence-electron chi connectivity index (χ2n) is 8.90. The first-order valence-corrected chi connectivity index (χ1v) is 9.30. The fourth-order valence-corrected chi connectivity index (χ4v) is 6.67. The van der Waals surface area contributed by atoms with Gasteiger partial charge in [-0.1, -0.05) is 25.5 Å². The number of rotatable bonds is 1. The lowest BCUT2D eigenvalue weighted by atomic mass is 9.47. The fourth-order valence-electron chi connectivity index (χ4n) is 6.67. The number of hydrogen-bond acceptors (Lipinski definition) is 1. The van der Waals surface area contributed by atoms with E-state index < -0.39 is 12.1 Å². The van der Waals surface area contributed by atoms with Crippen LogP contribution < -0.4 is 0 Å². The summed E-state index contributed by atoms with van der Waals surface area (Å²) in [6.07, 6.45) is 10.9. The minimum atomic E-state index is -0.592. The summed E-state index contributed by atoms with van der Waals surface area (Å²) >= 11 is 0. The number of carbonyl (C=O) groups excluding carboxylic acids is 1. The van der Waals surface area contributed by atoms with Crippen molar-refractivity contribution in [2.24, 2.45) is 34.5 Å². The topological polar surface area (TPSA) is 17.1 Å². The van der Waals surface area contributed by atoms with Crippen molar-refractivity contribution < 1.29 is 9.18 Å². The first-order chi connectivity index (χ1) is 10.5. The van der Waals surface area contributed by atoms with Crippen molar-refractivity contribution in [1.29, 1.82) is 0 Å². The van der Waals surface area contributed by atoms with E-state index in [9.17, 15) is 9.18 Å². The first kappa shape index (κ1) is 14.9. The Bertz CT molecular complexity index is 524. The summed E-state index contributed by atoms with van der Waals surface area (Å²) in [5.41, 5.74) is 1.43. The van der Waals surface area contributed by atoms with Gasteiger partial charge < -0.3 is 0 Å². The highest BCUT2D eigenvalue weighted by Gasteiger charge is 2.60. The first-order valence-electron chi connectivity index (χ1n) is 9.30. The molecular weight excluding hydrogens is 275 g/mol. The molecule has 4 rings (SSSR count). The zero-order chi connectivity index (χ0) is 15.5. The summed E-state index contributed by atoms with van der Waals surface area (Å²) in [6.45, 7) is 4.43. The Morgan fingerprint density at radius 2 is 2.05 bits per heavy atom. The van der Waals surface area contributed by atoms with Gasteiger partial charge in [0.15, 0.2) is 0 Å². The Hall–Kier alpha value is -0.660. The highest BCUT2D eigenvalue weighted by Crippen LogP contribution is 2.64. The summed E-state index contributed by atoms with van der Waals surface area (Å²) in [4.78, 5) is 12.4. The molecule has 0 spiro atoms. The number of carbonyl (C=O) groups is 1. The molecule has 0 N–H and O–H groups in total. The SMILES string of the molecule is C[C@H]1CC[C@@]2(C)C(=CC[C@H]3[C@@H]4CCC(=O)[C@@]4(CF)CC[C@@H]32)C1. The van der Waals surface area contributed by atoms with Crippen LogP contribution in [0, 0.1) is 34.5 Å². The number of alkyl halides is 1. The van der Waals surface area contributed by atoms with Crippen molar-refractivity contribution in [3.8, 4) is 0 Å². The number of Topliss-reactive ketones (excluding diaryl/α,β-unsaturated/α-hetero) is 1. The molecule has 3 fully saturated rings. The second-order valence-corrected chi connectivity index (χ2v) is 8.90. The quantitative estimate of drug-likeness (QED) is 0.616. The molecule has 0 aromatic carbocycles. The molecule has 4 aliphatic rings. The lowest BCUT2D eigenvalue weighted by molar-refractivity contribution is -0.135. The van der Waals surface area contributed by atoms with Gasteiger partial charge in [0.2, 0.25) is 0 Å². The molecule has 122 valence electrons. The summed E-state index contributed by atoms with van der Waals surface area (Å²) in [6, 6.07) is 0. The van der Waals surface area contributed by atoms with E-state index in [0.29, 0.717) is 29.6 Å². The van der Waals surface area contributed by atoms with Gasteiger partial charge in [-0.2, -0.15) is 0 Å². The predicted molar refractivity (Wildman–Crippen MR) is 86.2 cm³/mol. The third-order valence-corrected chi connectivity index (χ3v) is 8.03. The van der Waals surface area contributed by atoms with Crippen molar-refractivity contribution in [1.82, 2.24) is 0 Å². The van der Waals surface area contributed by atoms with E-state index >= 15 is 0 Å². The van der Waals surface area contributed by atoms with Gasteiger partial charge in [-0.3, -0.25) is 4.79 Å². The number of fused-ring (bicyclic) bond motifs is 5. The molecule has 0 unspecified atom stereocenters. The van der Waals surface area contributed by atoms with E-state index in [4.69, 9.17) is 0 Å². The normalized spacial score (nSPS) is 50.9. The Morgan fingerprint density at radius 1 is 1.23 bits per heavy atom. The highest BCUT2D eigenvalue weighted by atomic mass is 19.1. The Kier molecular flexibility index (Phi) is 3.33. The molecule has 0 aromatic heterocycles. The molecule has 3 saturated carbocycles. The van der Waals surface area contributed by atoms with Gasteiger partial charge in [-0.05, 0) is 74.0 Å². The van der Waals surface area contributed by atoms with E-state index in [-0.39, 0.29) is 5.78 Å². The molecule has 22 heavy (non-hydrogen) atoms. The summed E-state index contributed by atoms with van der Waals surface area (Å²) < 4.78 is 13.9. The molecular formula is C20H29FO. The molecule has 4 aliphatic carbocycles. The minimum Gasteiger partial charge on any atom is -0.299 e. The zero-order valence-corrected chi connectivity index (χ0v) is 14.0. The van der Waals surface area contributed by atoms with Crippen molar-refractivity contribution in [3.05, 3.63) is 11.6 Å². The monoisotopic (exact) mass is 304 g/mol. The minimum absolute atomic E-state index is 0.232. The van der Waals surface area contributed by atoms with E-state index in [1.165, 1.54) is 19.3 Å². The molecule has 6 atom stereocenters. The van der Waals surface area contributed by atoms with Gasteiger partial charge in [0.25, 0.3) is 0 Å². The molecule has 0 heterocycles. The van der Waals surface area contributed by atoms with Crippen LogP contribution >= 0.6 is 0 Å². The smallest absolute Gasteiger partial charge is 0.141 e. The fraction of sp³-hybridized carbons (Fsp3) is 0.850. The Labute approximate surface area is 133 Å². The van der Waals surface area contributed by atoms with Crippen LogP contribution in [0.4, 0.5) is 4.39 Å². The van der Waals surface area contributed by atoms with Crippen molar-refractivity contribution in [2.45, 2.75) is 65.2 Å². The lowest BCUT2D eigenvalue weighted by Gasteiger charge is -2.57. The van der Waals surface area contributed by atoms with Crippen LogP contribution in [0.25, 0.3) is 0 Å². The molecule has 2 heteroatoms. The zero-order valence-electron chi connectivity index (χ0n) is 14.0. The predicted octanol–water partition coefficient (Wildman–Crippen LogP) is 5.10. The number of hydrogen-bond donors (Lipinski definition) is 0. The van der Waals surface area contributed by atoms with Crippen molar-refractivity contribution >= 4 is 5.78 Å². The standard InChI is InChI=1S/C20H29FO/c1-13-7-9-19(2)14(11-13)3-4-15-16(19)8-10-20(12-21)17(15)5-6-18(20)22/h3,13,15-17H,4-12H2,1-2H3/t13-,15+,16-,17-,19-,20+/m0/s1. The van der Waals surface area contributed by atoms with Gasteiger partial charge in [0.05, 0.1) is 5.41 Å². The number of allylic oxidation sites excluding steroid dienone is 2. The Balaban J connectivity index is 1.69. The molecule has 0 radical (unpaired) electrons. The van der Waals surface area contributed by atoms with Crippen molar-refractivity contribution in [3.63, 3.8) is 0 Å². The van der Waals surface area contributed by atoms with Gasteiger partial charge in [-0.25, -0.2) is 4.39 Å². The van der Waals surface area contributed by atoms with Crippen LogP contribution in [0.15, 0.2) is 11.6 Å². The number of halogens is 1. The maximum Gasteiger partial charge on any atom is 0.141 e. The molecule has 1 nitrogen and oxygen atoms in total. The molecule has 0 saturated heterocycles. The van der Waals surface area contributed by atoms with Crippen LogP contribution in [0.5, 0.6) is 0 Å². The van der Waals surface area contributed by atoms with Crippen LogP contribution in [-0.4, -0.2) is 12.5 Å². The summed E-state index contributed by atoms with van der Waals surface area (Å²) in [5.74, 6) is 2.61. The van der Waals surface area contributed by atoms with Crippen LogP contribution in [0.1, 0.15) is 65.2 Å². The van der Waals surface area contributed by atoms with E-state index in [2.05, 4.69) is 19.9 Å². The summed E-state index contributed by atoms with van der Waals surface area (Å²) in [5, 5.41) is 0. The van der Waals surface area contributed by atoms with E-state index in [0.717, 1.165) is 31.6 Å². The third kappa shape index (κ3) is 1.79. The third-order valence-electron chi connectivity index (χ3n) is 8.03. The van der Waals surface area contributed by atoms with Crippen LogP contribution in [-0.2, 0) is 4.79 Å². The van der Waals surface area contributed by atoms with Gasteiger partial charge in [-0.15, -0.1) is 0 Å². The maximum absolute atomic E-state index is 13.9. The van der Waals surface area contributed by atoms with Crippen LogP contribution in [0.2, 0.25) is 0 Å². The van der Waals surface area contributed by atoms with Gasteiger partial charge >= 0.3 is 0 Å². The lowest BCUT2D eigenvalue weighted by Crippen LogP contribution is -2.51. The van der Waals surface area contributed by atoms with Crippen molar-refractivity contribution in [2.75, 3.05) is 6.67 Å². The molecule has 0 amide bonds. The molecule has 0 aromatic rings. The van der Waals surface area contributed by atoms with Gasteiger partial charge in [0.1, 0.15) is 12.5 Å². The van der Waals surface area contributed by atoms with Gasteiger partial charge in [0, 0.05) is 6.42 Å². The van der Waals surface area contributed by atoms with E-state index in [1.807, 2.05) is 0 Å². The number of ketones is 1. The molecule has 0 bridgehead atoms. The second kappa shape index (κ2) is 4.92.